The zero-order valence-corrected chi connectivity index (χ0v) is 13.7. The van der Waals surface area contributed by atoms with Crippen molar-refractivity contribution in [1.82, 2.24) is 0 Å². The van der Waals surface area contributed by atoms with Crippen molar-refractivity contribution in [2.75, 3.05) is 5.32 Å². The molecule has 109 valence electrons. The van der Waals surface area contributed by atoms with Gasteiger partial charge in [-0.05, 0) is 6.07 Å². The summed E-state index contributed by atoms with van der Waals surface area (Å²) in [5, 5.41) is 49.0. The molecule has 0 heterocycles. The summed E-state index contributed by atoms with van der Waals surface area (Å²) >= 11 is 0. The molecule has 11 heteroatoms. The molecule has 0 bridgehead atoms. The van der Waals surface area contributed by atoms with Crippen molar-refractivity contribution >= 4 is 25.0 Å². The number of hydrogen-bond acceptors (Lipinski definition) is 7. The second-order valence-corrected chi connectivity index (χ2v) is 3.83. The van der Waals surface area contributed by atoms with Crippen molar-refractivity contribution in [2.24, 2.45) is 5.92 Å². The first-order valence-corrected chi connectivity index (χ1v) is 5.32. The third-order valence-electron chi connectivity index (χ3n) is 2.04. The van der Waals surface area contributed by atoms with E-state index in [1.165, 1.54) is 0 Å². The summed E-state index contributed by atoms with van der Waals surface area (Å²) in [5.41, 5.74) is -0.832. The molecule has 0 aliphatic carbocycles. The van der Waals surface area contributed by atoms with Gasteiger partial charge < -0.3 is 25.6 Å². The number of carbonyl (C=O) groups excluding carboxylic acids is 1. The molecule has 0 saturated heterocycles. The summed E-state index contributed by atoms with van der Waals surface area (Å²) < 4.78 is 0. The number of amides is 1. The van der Waals surface area contributed by atoms with Crippen molar-refractivity contribution in [3.8, 4) is 11.5 Å². The average Bonchev–Trinajstić information content (AvgIpc) is 2.33. The van der Waals surface area contributed by atoms with Crippen molar-refractivity contribution in [3.05, 3.63) is 22.2 Å². The van der Waals surface area contributed by atoms with Crippen LogP contribution in [0.3, 0.4) is 0 Å². The Balaban J connectivity index is 0. The zero-order chi connectivity index (χ0) is 15.9. The van der Waals surface area contributed by atoms with Gasteiger partial charge in [0.1, 0.15) is 5.69 Å². The molecule has 0 spiro atoms. The molecule has 0 aliphatic rings. The van der Waals surface area contributed by atoms with Gasteiger partial charge >= 0.3 is 37.2 Å². The quantitative estimate of drug-likeness (QED) is 0.290. The van der Waals surface area contributed by atoms with E-state index < -0.39 is 33.9 Å². The van der Waals surface area contributed by atoms with Crippen LogP contribution in [-0.4, -0.2) is 28.6 Å². The Morgan fingerprint density at radius 2 is 1.71 bits per heavy atom. The van der Waals surface area contributed by atoms with Crippen LogP contribution >= 0.6 is 0 Å². The Hall–Kier alpha value is -1.33. The summed E-state index contributed by atoms with van der Waals surface area (Å²) in [4.78, 5) is 21.2. The van der Waals surface area contributed by atoms with Crippen LogP contribution in [0, 0.1) is 16.0 Å². The fourth-order valence-corrected chi connectivity index (χ4v) is 1.08. The molecule has 0 fully saturated rings. The smallest absolute Gasteiger partial charge is 0.873 e. The molecule has 1 aromatic rings. The van der Waals surface area contributed by atoms with Crippen LogP contribution in [-0.2, 0) is 4.79 Å². The van der Waals surface area contributed by atoms with Gasteiger partial charge in [-0.3, -0.25) is 14.9 Å². The molecule has 0 saturated carbocycles. The maximum Gasteiger partial charge on any atom is 1.00 e. The maximum atomic E-state index is 11.4. The van der Waals surface area contributed by atoms with Crippen LogP contribution in [0.15, 0.2) is 12.1 Å². The van der Waals surface area contributed by atoms with E-state index in [0.717, 1.165) is 6.07 Å². The Labute approximate surface area is 143 Å². The molecule has 21 heavy (non-hydrogen) atoms. The topological polar surface area (TPSA) is 159 Å². The Morgan fingerprint density at radius 1 is 1.29 bits per heavy atom. The monoisotopic (exact) mass is 306 g/mol. The van der Waals surface area contributed by atoms with Gasteiger partial charge in [-0.1, -0.05) is 13.8 Å². The van der Waals surface area contributed by atoms with Gasteiger partial charge in [0.2, 0.25) is 5.91 Å². The van der Waals surface area contributed by atoms with Crippen molar-refractivity contribution in [3.63, 3.8) is 0 Å². The van der Waals surface area contributed by atoms with Crippen molar-refractivity contribution in [1.29, 1.82) is 0 Å². The van der Waals surface area contributed by atoms with Crippen LogP contribution in [0.4, 0.5) is 11.4 Å². The van der Waals surface area contributed by atoms with Gasteiger partial charge in [0.05, 0.1) is 4.92 Å². The van der Waals surface area contributed by atoms with Gasteiger partial charge in [0.15, 0.2) is 0 Å². The third kappa shape index (κ3) is 7.30. The first-order valence-electron chi connectivity index (χ1n) is 5.32. The van der Waals surface area contributed by atoms with Crippen LogP contribution < -0.4 is 45.1 Å². The van der Waals surface area contributed by atoms with Gasteiger partial charge in [-0.2, -0.15) is 0 Å². The predicted molar refractivity (Wildman–Crippen MR) is 65.6 cm³/mol. The molecule has 1 aromatic carbocycles. The van der Waals surface area contributed by atoms with Gasteiger partial charge in [0.25, 0.3) is 5.69 Å². The van der Waals surface area contributed by atoms with Crippen LogP contribution in [0.2, 0.25) is 0 Å². The Kier molecular flexibility index (Phi) is 10.9. The summed E-state index contributed by atoms with van der Waals surface area (Å²) in [6, 6.07) is 1.37. The molecule has 1 amide bonds. The van der Waals surface area contributed by atoms with Gasteiger partial charge in [-0.25, -0.2) is 0 Å². The van der Waals surface area contributed by atoms with Crippen molar-refractivity contribution < 1.29 is 59.5 Å². The van der Waals surface area contributed by atoms with E-state index in [1.807, 2.05) is 0 Å². The Bertz CT molecular complexity index is 499. The number of nitro groups is 1. The van der Waals surface area contributed by atoms with E-state index in [0.29, 0.717) is 6.07 Å². The molecule has 3 N–H and O–H groups in total. The fraction of sp³-hybridized carbons (Fsp3) is 0.300. The molecule has 1 rings (SSSR count). The van der Waals surface area contributed by atoms with E-state index >= 15 is 0 Å². The first kappa shape index (κ1) is 22.0. The number of rotatable bonds is 3. The van der Waals surface area contributed by atoms with Gasteiger partial charge in [-0.15, -0.1) is 11.5 Å². The van der Waals surface area contributed by atoms with Crippen LogP contribution in [0.25, 0.3) is 0 Å². The predicted octanol–water partition coefficient (Wildman–Crippen LogP) is -4.15. The van der Waals surface area contributed by atoms with Crippen LogP contribution in [0.1, 0.15) is 13.8 Å². The summed E-state index contributed by atoms with van der Waals surface area (Å²) in [6.07, 6.45) is 0. The summed E-state index contributed by atoms with van der Waals surface area (Å²) in [6.45, 7) is 3.20. The second-order valence-electron chi connectivity index (χ2n) is 3.83. The number of hydrogen-bond donors (Lipinski definition) is 3. The van der Waals surface area contributed by atoms with E-state index in [4.69, 9.17) is 10.0 Å². The fourth-order valence-electron chi connectivity index (χ4n) is 1.08. The number of benzene rings is 1. The summed E-state index contributed by atoms with van der Waals surface area (Å²) in [5.74, 6) is -2.73. The number of nitrogens with one attached hydrogen (secondary N) is 1. The molecule has 0 aliphatic heterocycles. The average molecular weight is 306 g/mol. The molecule has 0 unspecified atom stereocenters. The first-order chi connectivity index (χ1) is 9.24. The van der Waals surface area contributed by atoms with E-state index in [-0.39, 0.29) is 42.9 Å². The molecule has 0 aromatic heterocycles. The number of anilines is 1. The van der Waals surface area contributed by atoms with E-state index in [1.54, 1.807) is 13.8 Å². The molecular weight excluding hydrogens is 294 g/mol. The summed E-state index contributed by atoms with van der Waals surface area (Å²) in [7, 11) is 0. The normalized spacial score (nSPS) is 9.00. The minimum Gasteiger partial charge on any atom is -0.873 e. The van der Waals surface area contributed by atoms with Crippen molar-refractivity contribution in [2.45, 2.75) is 13.8 Å². The SMILES string of the molecule is CC(C)C(=O)Nc1cc([O-])c([O-])cc1[N+](=O)[O-].O[B]O.[Na+]. The molecule has 9 nitrogen and oxygen atoms in total. The molecular formula is C10H12BN2NaO7-. The molecule has 0 atom stereocenters. The number of nitro benzene ring substituents is 1. The third-order valence-corrected chi connectivity index (χ3v) is 2.04. The van der Waals surface area contributed by atoms with E-state index in [2.05, 4.69) is 5.32 Å². The van der Waals surface area contributed by atoms with Crippen LogP contribution in [0.5, 0.6) is 11.5 Å². The number of nitrogens with zero attached hydrogens (tertiary/aromatic N) is 1. The Morgan fingerprint density at radius 3 is 2.10 bits per heavy atom. The number of carbonyl (C=O) groups is 1. The van der Waals surface area contributed by atoms with E-state index in [9.17, 15) is 25.1 Å². The largest absolute Gasteiger partial charge is 1.00 e. The second kappa shape index (κ2) is 10.4. The maximum absolute atomic E-state index is 11.4. The minimum atomic E-state index is -0.973. The molecule has 1 radical (unpaired) electrons. The van der Waals surface area contributed by atoms with Gasteiger partial charge in [0, 0.05) is 12.0 Å². The zero-order valence-electron chi connectivity index (χ0n) is 11.7. The minimum absolute atomic E-state index is 0. The standard InChI is InChI=1S/C10H12N2O5.BH2O2.Na/c1-5(2)10(15)11-6-3-8(13)9(14)4-7(6)12(16)17;2-1-3;/h3-5,13-14H,1-2H3,(H,11,15);2-3H;/q;;+1/p-2.